The summed E-state index contributed by atoms with van der Waals surface area (Å²) in [6.45, 7) is 4.19. The molecule has 22 heavy (non-hydrogen) atoms. The maximum atomic E-state index is 12.2. The lowest BCUT2D eigenvalue weighted by Crippen LogP contribution is -2.29. The first kappa shape index (κ1) is 14.7. The molecule has 0 amide bonds. The second-order valence-corrected chi connectivity index (χ2v) is 6.24. The molecule has 0 aliphatic rings. The summed E-state index contributed by atoms with van der Waals surface area (Å²) < 4.78 is 1.13. The van der Waals surface area contributed by atoms with Gasteiger partial charge in [-0.15, -0.1) is 0 Å². The van der Waals surface area contributed by atoms with Crippen LogP contribution in [0.25, 0.3) is 10.9 Å². The summed E-state index contributed by atoms with van der Waals surface area (Å²) in [5.74, 6) is 6.61. The Morgan fingerprint density at radius 2 is 1.91 bits per heavy atom. The summed E-state index contributed by atoms with van der Waals surface area (Å²) in [4.78, 5) is 16.7. The first-order valence-corrected chi connectivity index (χ1v) is 8.00. The lowest BCUT2D eigenvalue weighted by Gasteiger charge is -2.09. The highest BCUT2D eigenvalue weighted by Gasteiger charge is 2.09. The number of nitrogens with zero attached hydrogens (tertiary/aromatic N) is 2. The van der Waals surface area contributed by atoms with Crippen LogP contribution in [0.1, 0.15) is 16.7 Å². The highest BCUT2D eigenvalue weighted by molar-refractivity contribution is 7.98. The van der Waals surface area contributed by atoms with Gasteiger partial charge in [0.1, 0.15) is 0 Å². The number of aromatic nitrogens is 2. The van der Waals surface area contributed by atoms with Crippen molar-refractivity contribution in [3.63, 3.8) is 0 Å². The summed E-state index contributed by atoms with van der Waals surface area (Å²) in [5.41, 5.74) is 4.18. The van der Waals surface area contributed by atoms with E-state index in [-0.39, 0.29) is 5.56 Å². The minimum Gasteiger partial charge on any atom is -0.334 e. The summed E-state index contributed by atoms with van der Waals surface area (Å²) in [5, 5.41) is 1.07. The van der Waals surface area contributed by atoms with E-state index in [2.05, 4.69) is 37.0 Å². The van der Waals surface area contributed by atoms with Crippen molar-refractivity contribution in [2.75, 3.05) is 5.84 Å². The van der Waals surface area contributed by atoms with Crippen molar-refractivity contribution in [1.29, 1.82) is 0 Å². The Morgan fingerprint density at radius 1 is 1.14 bits per heavy atom. The van der Waals surface area contributed by atoms with E-state index in [0.717, 1.165) is 10.4 Å². The Balaban J connectivity index is 1.92. The van der Waals surface area contributed by atoms with Crippen LogP contribution >= 0.6 is 11.8 Å². The van der Waals surface area contributed by atoms with Crippen molar-refractivity contribution in [3.8, 4) is 0 Å². The normalized spacial score (nSPS) is 11.0. The fraction of sp³-hybridized carbons (Fsp3) is 0.176. The molecule has 0 spiro atoms. The minimum atomic E-state index is -0.215. The number of thioether (sulfide) groups is 1. The van der Waals surface area contributed by atoms with Gasteiger partial charge < -0.3 is 5.84 Å². The van der Waals surface area contributed by atoms with Gasteiger partial charge in [0.15, 0.2) is 5.16 Å². The lowest BCUT2D eigenvalue weighted by molar-refractivity contribution is 0.779. The van der Waals surface area contributed by atoms with Crippen LogP contribution < -0.4 is 11.4 Å². The van der Waals surface area contributed by atoms with E-state index in [1.165, 1.54) is 28.5 Å². The Hall–Kier alpha value is -2.27. The first-order chi connectivity index (χ1) is 10.6. The van der Waals surface area contributed by atoms with E-state index in [9.17, 15) is 4.79 Å². The van der Waals surface area contributed by atoms with Crippen LogP contribution in [-0.4, -0.2) is 9.66 Å². The maximum Gasteiger partial charge on any atom is 0.280 e. The van der Waals surface area contributed by atoms with E-state index < -0.39 is 0 Å². The van der Waals surface area contributed by atoms with E-state index in [1.807, 2.05) is 18.2 Å². The average molecular weight is 311 g/mol. The molecule has 0 fully saturated rings. The van der Waals surface area contributed by atoms with Crippen LogP contribution in [0.15, 0.2) is 52.4 Å². The molecule has 2 aromatic carbocycles. The van der Waals surface area contributed by atoms with Crippen LogP contribution in [-0.2, 0) is 5.75 Å². The van der Waals surface area contributed by atoms with Gasteiger partial charge in [0, 0.05) is 5.75 Å². The topological polar surface area (TPSA) is 60.9 Å². The number of rotatable bonds is 3. The fourth-order valence-corrected chi connectivity index (χ4v) is 3.13. The summed E-state index contributed by atoms with van der Waals surface area (Å²) in [6.07, 6.45) is 0. The SMILES string of the molecule is Cc1ccc(CSc2nc3ccccc3c(=O)n2N)cc1C. The second-order valence-electron chi connectivity index (χ2n) is 5.29. The molecule has 0 saturated heterocycles. The Kier molecular flexibility index (Phi) is 3.90. The molecule has 5 heteroatoms. The molecule has 0 atom stereocenters. The quantitative estimate of drug-likeness (QED) is 0.459. The van der Waals surface area contributed by atoms with Crippen molar-refractivity contribution in [2.24, 2.45) is 0 Å². The molecule has 2 N–H and O–H groups in total. The van der Waals surface area contributed by atoms with Gasteiger partial charge in [-0.1, -0.05) is 42.1 Å². The van der Waals surface area contributed by atoms with E-state index in [0.29, 0.717) is 16.1 Å². The Labute approximate surface area is 133 Å². The molecule has 1 aromatic heterocycles. The molecule has 112 valence electrons. The third kappa shape index (κ3) is 2.72. The number of para-hydroxylation sites is 1. The second kappa shape index (κ2) is 5.85. The van der Waals surface area contributed by atoms with Crippen LogP contribution in [0.5, 0.6) is 0 Å². The number of hydrogen-bond donors (Lipinski definition) is 1. The third-order valence-electron chi connectivity index (χ3n) is 3.71. The molecule has 3 rings (SSSR count). The monoisotopic (exact) mass is 311 g/mol. The zero-order valence-corrected chi connectivity index (χ0v) is 13.4. The van der Waals surface area contributed by atoms with Gasteiger partial charge in [-0.3, -0.25) is 4.79 Å². The zero-order valence-electron chi connectivity index (χ0n) is 12.5. The summed E-state index contributed by atoms with van der Waals surface area (Å²) >= 11 is 1.47. The smallest absolute Gasteiger partial charge is 0.280 e. The van der Waals surface area contributed by atoms with Gasteiger partial charge in [-0.05, 0) is 42.7 Å². The predicted molar refractivity (Wildman–Crippen MR) is 91.6 cm³/mol. The van der Waals surface area contributed by atoms with Crippen molar-refractivity contribution in [3.05, 3.63) is 69.5 Å². The summed E-state index contributed by atoms with van der Waals surface area (Å²) in [6, 6.07) is 13.6. The highest BCUT2D eigenvalue weighted by Crippen LogP contribution is 2.22. The molecule has 0 saturated carbocycles. The van der Waals surface area contributed by atoms with Crippen molar-refractivity contribution >= 4 is 22.7 Å². The van der Waals surface area contributed by atoms with Gasteiger partial charge >= 0.3 is 0 Å². The van der Waals surface area contributed by atoms with E-state index >= 15 is 0 Å². The van der Waals surface area contributed by atoms with Crippen LogP contribution in [0.2, 0.25) is 0 Å². The number of aryl methyl sites for hydroxylation is 2. The number of nitrogens with two attached hydrogens (primary N) is 1. The first-order valence-electron chi connectivity index (χ1n) is 7.02. The van der Waals surface area contributed by atoms with Crippen LogP contribution in [0.3, 0.4) is 0 Å². The summed E-state index contributed by atoms with van der Waals surface area (Å²) in [7, 11) is 0. The minimum absolute atomic E-state index is 0.215. The number of hydrogen-bond acceptors (Lipinski definition) is 4. The largest absolute Gasteiger partial charge is 0.334 e. The maximum absolute atomic E-state index is 12.2. The van der Waals surface area contributed by atoms with Crippen molar-refractivity contribution < 1.29 is 0 Å². The molecule has 4 nitrogen and oxygen atoms in total. The number of benzene rings is 2. The Morgan fingerprint density at radius 3 is 2.68 bits per heavy atom. The molecular formula is C17H17N3OS. The van der Waals surface area contributed by atoms with Crippen molar-refractivity contribution in [1.82, 2.24) is 9.66 Å². The van der Waals surface area contributed by atoms with Gasteiger partial charge in [0.25, 0.3) is 5.56 Å². The predicted octanol–water partition coefficient (Wildman–Crippen LogP) is 3.02. The van der Waals surface area contributed by atoms with Crippen LogP contribution in [0, 0.1) is 13.8 Å². The molecule has 1 heterocycles. The van der Waals surface area contributed by atoms with Crippen molar-refractivity contribution in [2.45, 2.75) is 24.8 Å². The molecule has 0 aliphatic heterocycles. The third-order valence-corrected chi connectivity index (χ3v) is 4.74. The molecule has 0 bridgehead atoms. The van der Waals surface area contributed by atoms with Gasteiger partial charge in [-0.2, -0.15) is 0 Å². The lowest BCUT2D eigenvalue weighted by atomic mass is 10.1. The van der Waals surface area contributed by atoms with Gasteiger partial charge in [0.05, 0.1) is 10.9 Å². The Bertz CT molecular complexity index is 902. The number of nitrogen functional groups attached to an aromatic ring is 1. The average Bonchev–Trinajstić information content (AvgIpc) is 2.53. The fourth-order valence-electron chi connectivity index (χ4n) is 2.27. The molecule has 0 aliphatic carbocycles. The van der Waals surface area contributed by atoms with Gasteiger partial charge in [-0.25, -0.2) is 9.66 Å². The zero-order chi connectivity index (χ0) is 15.7. The highest BCUT2D eigenvalue weighted by atomic mass is 32.2. The molecule has 3 aromatic rings. The van der Waals surface area contributed by atoms with Crippen LogP contribution in [0.4, 0.5) is 0 Å². The van der Waals surface area contributed by atoms with Gasteiger partial charge in [0.2, 0.25) is 0 Å². The molecule has 0 unspecified atom stereocenters. The van der Waals surface area contributed by atoms with E-state index in [4.69, 9.17) is 5.84 Å². The molecule has 0 radical (unpaired) electrons. The van der Waals surface area contributed by atoms with E-state index in [1.54, 1.807) is 6.07 Å². The standard InChI is InChI=1S/C17H17N3OS/c1-11-7-8-13(9-12(11)2)10-22-17-19-15-6-4-3-5-14(15)16(21)20(17)18/h3-9H,10,18H2,1-2H3. The number of fused-ring (bicyclic) bond motifs is 1. The molecular weight excluding hydrogens is 294 g/mol.